The molecule has 26 heavy (non-hydrogen) atoms. The van der Waals surface area contributed by atoms with E-state index in [1.807, 2.05) is 0 Å². The molecule has 2 aromatic rings. The molecule has 8 heteroatoms. The van der Waals surface area contributed by atoms with Crippen LogP contribution in [-0.4, -0.2) is 34.8 Å². The predicted octanol–water partition coefficient (Wildman–Crippen LogP) is 3.24. The van der Waals surface area contributed by atoms with E-state index < -0.39 is 26.4 Å². The maximum absolute atomic E-state index is 12.9. The summed E-state index contributed by atoms with van der Waals surface area (Å²) < 4.78 is 26.6. The number of sulfone groups is 1. The van der Waals surface area contributed by atoms with E-state index in [-0.39, 0.29) is 22.1 Å². The first kappa shape index (κ1) is 18.9. The molecule has 0 radical (unpaired) electrons. The Morgan fingerprint density at radius 2 is 2.04 bits per heavy atom. The van der Waals surface area contributed by atoms with Crippen molar-refractivity contribution in [3.05, 3.63) is 40.6 Å². The molecule has 1 atom stereocenters. The van der Waals surface area contributed by atoms with Gasteiger partial charge < -0.3 is 5.11 Å². The lowest BCUT2D eigenvalue weighted by atomic mass is 9.83. The van der Waals surface area contributed by atoms with Gasteiger partial charge in [-0.15, -0.1) is 11.6 Å². The van der Waals surface area contributed by atoms with Crippen LogP contribution in [0.3, 0.4) is 0 Å². The Balaban J connectivity index is 2.20. The Morgan fingerprint density at radius 3 is 2.62 bits per heavy atom. The smallest absolute Gasteiger partial charge is 0.220 e. The van der Waals surface area contributed by atoms with Gasteiger partial charge in [-0.1, -0.05) is 13.8 Å². The molecule has 1 aliphatic rings. The van der Waals surface area contributed by atoms with Crippen LogP contribution < -0.4 is 0 Å². The highest BCUT2D eigenvalue weighted by atomic mass is 35.5. The zero-order chi connectivity index (χ0) is 19.4. The van der Waals surface area contributed by atoms with Crippen LogP contribution in [0.25, 0.3) is 0 Å². The highest BCUT2D eigenvalue weighted by Crippen LogP contribution is 2.49. The lowest BCUT2D eigenvalue weighted by molar-refractivity contribution is 0.103. The van der Waals surface area contributed by atoms with Gasteiger partial charge in [0.15, 0.2) is 15.6 Å². The number of fused-ring (bicyclic) bond motifs is 1. The maximum Gasteiger partial charge on any atom is 0.220 e. The summed E-state index contributed by atoms with van der Waals surface area (Å²) in [4.78, 5) is 13.1. The number of halogens is 1. The van der Waals surface area contributed by atoms with Crippen LogP contribution in [0.4, 0.5) is 0 Å². The van der Waals surface area contributed by atoms with E-state index in [0.29, 0.717) is 23.2 Å². The van der Waals surface area contributed by atoms with Crippen LogP contribution in [0, 0.1) is 12.3 Å². The SMILES string of the molecule is CCn1ncc(C(=O)c2ccc3c(c2C)C(Cl)C(C)(C)CS3(=O)=O)c1O. The molecule has 0 saturated heterocycles. The molecular formula is C18H21ClN2O4S. The normalized spacial score (nSPS) is 20.6. The largest absolute Gasteiger partial charge is 0.493 e. The van der Waals surface area contributed by atoms with Gasteiger partial charge in [0.25, 0.3) is 0 Å². The highest BCUT2D eigenvalue weighted by molar-refractivity contribution is 7.91. The molecule has 0 fully saturated rings. The molecule has 0 bridgehead atoms. The second-order valence-corrected chi connectivity index (χ2v) is 9.68. The van der Waals surface area contributed by atoms with Gasteiger partial charge in [0.1, 0.15) is 5.56 Å². The van der Waals surface area contributed by atoms with Crippen molar-refractivity contribution in [3.8, 4) is 5.88 Å². The molecule has 140 valence electrons. The fourth-order valence-electron chi connectivity index (χ4n) is 3.48. The van der Waals surface area contributed by atoms with Crippen molar-refractivity contribution in [1.29, 1.82) is 0 Å². The molecule has 0 saturated carbocycles. The molecule has 1 aromatic carbocycles. The number of aromatic hydroxyl groups is 1. The number of rotatable bonds is 3. The quantitative estimate of drug-likeness (QED) is 0.635. The molecule has 1 aliphatic heterocycles. The number of carbonyl (C=O) groups is 1. The molecule has 1 unspecified atom stereocenters. The molecule has 2 heterocycles. The van der Waals surface area contributed by atoms with Crippen molar-refractivity contribution < 1.29 is 18.3 Å². The van der Waals surface area contributed by atoms with Crippen LogP contribution in [-0.2, 0) is 16.4 Å². The summed E-state index contributed by atoms with van der Waals surface area (Å²) in [6.45, 7) is 7.53. The van der Waals surface area contributed by atoms with E-state index in [4.69, 9.17) is 11.6 Å². The lowest BCUT2D eigenvalue weighted by Crippen LogP contribution is -2.35. The predicted molar refractivity (Wildman–Crippen MR) is 98.6 cm³/mol. The van der Waals surface area contributed by atoms with Gasteiger partial charge in [0, 0.05) is 12.1 Å². The second-order valence-electron chi connectivity index (χ2n) is 7.29. The fraction of sp³-hybridized carbons (Fsp3) is 0.444. The number of aromatic nitrogens is 2. The van der Waals surface area contributed by atoms with Crippen molar-refractivity contribution in [2.45, 2.75) is 44.5 Å². The number of aryl methyl sites for hydroxylation is 1. The Kier molecular flexibility index (Phi) is 4.43. The first-order valence-electron chi connectivity index (χ1n) is 8.31. The summed E-state index contributed by atoms with van der Waals surface area (Å²) in [5.74, 6) is -0.657. The zero-order valence-corrected chi connectivity index (χ0v) is 16.6. The Labute approximate surface area is 157 Å². The number of ketones is 1. The van der Waals surface area contributed by atoms with Gasteiger partial charge in [0.2, 0.25) is 5.88 Å². The van der Waals surface area contributed by atoms with Gasteiger partial charge in [-0.25, -0.2) is 13.1 Å². The average molecular weight is 397 g/mol. The molecule has 6 nitrogen and oxygen atoms in total. The van der Waals surface area contributed by atoms with Crippen LogP contribution in [0.1, 0.15) is 53.2 Å². The second kappa shape index (κ2) is 6.09. The summed E-state index contributed by atoms with van der Waals surface area (Å²) >= 11 is 6.61. The standard InChI is InChI=1S/C18H21ClN2O4S/c1-5-21-17(23)12(8-20-21)15(22)11-6-7-13-14(10(11)2)16(19)18(3,4)9-26(13,24)25/h6-8,16,23H,5,9H2,1-4H3. The topological polar surface area (TPSA) is 89.3 Å². The third-order valence-electron chi connectivity index (χ3n) is 4.91. The van der Waals surface area contributed by atoms with Crippen molar-refractivity contribution in [2.75, 3.05) is 5.75 Å². The summed E-state index contributed by atoms with van der Waals surface area (Å²) in [7, 11) is -3.48. The van der Waals surface area contributed by atoms with E-state index in [1.54, 1.807) is 27.7 Å². The van der Waals surface area contributed by atoms with Gasteiger partial charge >= 0.3 is 0 Å². The minimum absolute atomic E-state index is 0.0437. The molecule has 0 aliphatic carbocycles. The maximum atomic E-state index is 12.9. The van der Waals surface area contributed by atoms with Crippen LogP contribution in [0.5, 0.6) is 5.88 Å². The van der Waals surface area contributed by atoms with Crippen molar-refractivity contribution >= 4 is 27.2 Å². The van der Waals surface area contributed by atoms with E-state index in [2.05, 4.69) is 5.10 Å². The molecule has 1 N–H and O–H groups in total. The van der Waals surface area contributed by atoms with E-state index >= 15 is 0 Å². The molecule has 0 spiro atoms. The minimum Gasteiger partial charge on any atom is -0.493 e. The molecule has 0 amide bonds. The monoisotopic (exact) mass is 396 g/mol. The Hall–Kier alpha value is -1.86. The first-order chi connectivity index (χ1) is 12.0. The van der Waals surface area contributed by atoms with Gasteiger partial charge in [-0.3, -0.25) is 4.79 Å². The number of nitrogens with zero attached hydrogens (tertiary/aromatic N) is 2. The van der Waals surface area contributed by atoms with Crippen LogP contribution >= 0.6 is 11.6 Å². The summed E-state index contributed by atoms with van der Waals surface area (Å²) in [5.41, 5.74) is 0.727. The summed E-state index contributed by atoms with van der Waals surface area (Å²) in [6, 6.07) is 2.93. The highest BCUT2D eigenvalue weighted by Gasteiger charge is 2.44. The van der Waals surface area contributed by atoms with Gasteiger partial charge in [-0.05, 0) is 42.5 Å². The number of benzene rings is 1. The van der Waals surface area contributed by atoms with Crippen LogP contribution in [0.2, 0.25) is 0 Å². The fourth-order valence-corrected chi connectivity index (χ4v) is 6.18. The van der Waals surface area contributed by atoms with Crippen LogP contribution in [0.15, 0.2) is 23.2 Å². The number of carbonyl (C=O) groups excluding carboxylic acids is 1. The van der Waals surface area contributed by atoms with E-state index in [1.165, 1.54) is 23.0 Å². The number of alkyl halides is 1. The third kappa shape index (κ3) is 2.74. The first-order valence-corrected chi connectivity index (χ1v) is 10.4. The number of hydrogen-bond acceptors (Lipinski definition) is 5. The van der Waals surface area contributed by atoms with E-state index in [9.17, 15) is 18.3 Å². The van der Waals surface area contributed by atoms with Gasteiger partial charge in [-0.2, -0.15) is 5.10 Å². The molecule has 1 aromatic heterocycles. The molecular weight excluding hydrogens is 376 g/mol. The van der Waals surface area contributed by atoms with Crippen molar-refractivity contribution in [3.63, 3.8) is 0 Å². The third-order valence-corrected chi connectivity index (χ3v) is 7.87. The average Bonchev–Trinajstić information content (AvgIpc) is 2.92. The van der Waals surface area contributed by atoms with E-state index in [0.717, 1.165) is 0 Å². The van der Waals surface area contributed by atoms with Crippen molar-refractivity contribution in [2.24, 2.45) is 5.41 Å². The molecule has 3 rings (SSSR count). The lowest BCUT2D eigenvalue weighted by Gasteiger charge is -2.37. The van der Waals surface area contributed by atoms with Gasteiger partial charge in [0.05, 0.1) is 22.2 Å². The summed E-state index contributed by atoms with van der Waals surface area (Å²) in [6.07, 6.45) is 1.32. The number of hydrogen-bond donors (Lipinski definition) is 1. The minimum atomic E-state index is -3.48. The Bertz CT molecular complexity index is 1010. The Morgan fingerprint density at radius 1 is 1.38 bits per heavy atom. The van der Waals surface area contributed by atoms with Crippen molar-refractivity contribution in [1.82, 2.24) is 9.78 Å². The zero-order valence-electron chi connectivity index (χ0n) is 15.1. The summed E-state index contributed by atoms with van der Waals surface area (Å²) in [5, 5.41) is 13.6.